The minimum atomic E-state index is 0.275. The summed E-state index contributed by atoms with van der Waals surface area (Å²) in [4.78, 5) is 0. The molecule has 0 amide bonds. The minimum absolute atomic E-state index is 0.275. The van der Waals surface area contributed by atoms with Crippen molar-refractivity contribution in [2.75, 3.05) is 0 Å². The van der Waals surface area contributed by atoms with E-state index in [-0.39, 0.29) is 5.41 Å². The van der Waals surface area contributed by atoms with Crippen molar-refractivity contribution in [3.8, 4) is 6.07 Å². The molecule has 1 aliphatic rings. The van der Waals surface area contributed by atoms with Crippen molar-refractivity contribution in [3.63, 3.8) is 0 Å². The molecular weight excluding hydrogens is 184 g/mol. The van der Waals surface area contributed by atoms with Gasteiger partial charge < -0.3 is 4.57 Å². The molecular formula is C13H18N2. The third-order valence-corrected chi connectivity index (χ3v) is 3.82. The monoisotopic (exact) mass is 202 g/mol. The van der Waals surface area contributed by atoms with Crippen molar-refractivity contribution in [1.29, 1.82) is 5.26 Å². The Morgan fingerprint density at radius 2 is 2.47 bits per heavy atom. The number of fused-ring (bicyclic) bond motifs is 1. The van der Waals surface area contributed by atoms with Crippen LogP contribution >= 0.6 is 0 Å². The van der Waals surface area contributed by atoms with Crippen LogP contribution < -0.4 is 0 Å². The summed E-state index contributed by atoms with van der Waals surface area (Å²) in [7, 11) is 0. The molecule has 2 rings (SSSR count). The van der Waals surface area contributed by atoms with Crippen LogP contribution in [0.5, 0.6) is 0 Å². The van der Waals surface area contributed by atoms with Crippen molar-refractivity contribution in [2.24, 2.45) is 0 Å². The molecule has 2 heteroatoms. The van der Waals surface area contributed by atoms with Gasteiger partial charge in [-0.05, 0) is 37.8 Å². The fourth-order valence-corrected chi connectivity index (χ4v) is 2.89. The largest absolute Gasteiger partial charge is 0.351 e. The molecule has 1 aromatic rings. The Labute approximate surface area is 91.5 Å². The first-order valence-electron chi connectivity index (χ1n) is 5.85. The number of aryl methyl sites for hydroxylation is 1. The van der Waals surface area contributed by atoms with E-state index in [1.165, 1.54) is 18.5 Å². The zero-order valence-corrected chi connectivity index (χ0v) is 9.37. The molecule has 0 spiro atoms. The fourth-order valence-electron chi connectivity index (χ4n) is 2.89. The van der Waals surface area contributed by atoms with Gasteiger partial charge in [0.1, 0.15) is 0 Å². The Morgan fingerprint density at radius 1 is 1.60 bits per heavy atom. The number of nitriles is 1. The van der Waals surface area contributed by atoms with E-state index >= 15 is 0 Å². The molecule has 1 aromatic heterocycles. The van der Waals surface area contributed by atoms with Crippen molar-refractivity contribution < 1.29 is 0 Å². The third kappa shape index (κ3) is 1.67. The summed E-state index contributed by atoms with van der Waals surface area (Å²) in [6.07, 6.45) is 7.52. The Hall–Kier alpha value is -1.23. The molecule has 2 heterocycles. The highest BCUT2D eigenvalue weighted by atomic mass is 15.0. The van der Waals surface area contributed by atoms with Gasteiger partial charge in [-0.1, -0.05) is 6.92 Å². The smallest absolute Gasteiger partial charge is 0.0622 e. The van der Waals surface area contributed by atoms with Crippen LogP contribution in [0.4, 0.5) is 0 Å². The van der Waals surface area contributed by atoms with Gasteiger partial charge >= 0.3 is 0 Å². The predicted molar refractivity (Wildman–Crippen MR) is 60.5 cm³/mol. The average molecular weight is 202 g/mol. The van der Waals surface area contributed by atoms with E-state index in [1.807, 2.05) is 0 Å². The molecule has 0 saturated heterocycles. The van der Waals surface area contributed by atoms with Crippen LogP contribution in [0.2, 0.25) is 0 Å². The quantitative estimate of drug-likeness (QED) is 0.739. The maximum absolute atomic E-state index is 8.75. The van der Waals surface area contributed by atoms with Gasteiger partial charge in [0, 0.05) is 30.3 Å². The molecule has 0 radical (unpaired) electrons. The van der Waals surface area contributed by atoms with Gasteiger partial charge in [0.05, 0.1) is 6.07 Å². The van der Waals surface area contributed by atoms with Crippen LogP contribution in [0, 0.1) is 11.3 Å². The zero-order valence-electron chi connectivity index (χ0n) is 9.37. The van der Waals surface area contributed by atoms with Crippen LogP contribution in [-0.2, 0) is 12.0 Å². The third-order valence-electron chi connectivity index (χ3n) is 3.82. The molecule has 0 bridgehead atoms. The minimum Gasteiger partial charge on any atom is -0.351 e. The van der Waals surface area contributed by atoms with E-state index in [0.717, 1.165) is 19.4 Å². The van der Waals surface area contributed by atoms with Gasteiger partial charge in [-0.2, -0.15) is 5.26 Å². The van der Waals surface area contributed by atoms with Gasteiger partial charge in [-0.25, -0.2) is 0 Å². The molecule has 1 atom stereocenters. The second-order valence-electron chi connectivity index (χ2n) is 4.48. The molecule has 15 heavy (non-hydrogen) atoms. The lowest BCUT2D eigenvalue weighted by Crippen LogP contribution is -2.32. The number of hydrogen-bond acceptors (Lipinski definition) is 1. The van der Waals surface area contributed by atoms with Crippen LogP contribution in [0.1, 0.15) is 44.7 Å². The Kier molecular flexibility index (Phi) is 2.81. The lowest BCUT2D eigenvalue weighted by molar-refractivity contribution is 0.282. The summed E-state index contributed by atoms with van der Waals surface area (Å²) in [5.41, 5.74) is 1.73. The maximum Gasteiger partial charge on any atom is 0.0622 e. The van der Waals surface area contributed by atoms with E-state index in [0.29, 0.717) is 6.42 Å². The maximum atomic E-state index is 8.75. The number of aromatic nitrogens is 1. The second-order valence-corrected chi connectivity index (χ2v) is 4.48. The molecule has 1 unspecified atom stereocenters. The van der Waals surface area contributed by atoms with E-state index < -0.39 is 0 Å². The normalized spacial score (nSPS) is 24.5. The average Bonchev–Trinajstić information content (AvgIpc) is 2.75. The van der Waals surface area contributed by atoms with E-state index in [1.54, 1.807) is 0 Å². The topological polar surface area (TPSA) is 28.7 Å². The van der Waals surface area contributed by atoms with Crippen molar-refractivity contribution >= 4 is 0 Å². The highest BCUT2D eigenvalue weighted by Crippen LogP contribution is 2.40. The zero-order chi connectivity index (χ0) is 10.7. The van der Waals surface area contributed by atoms with Crippen LogP contribution in [0.3, 0.4) is 0 Å². The predicted octanol–water partition coefficient (Wildman–Crippen LogP) is 3.23. The second kappa shape index (κ2) is 4.10. The first kappa shape index (κ1) is 10.3. The van der Waals surface area contributed by atoms with E-state index in [4.69, 9.17) is 5.26 Å². The SMILES string of the molecule is CCC1(CCC#N)CCCn2cccc21. The molecule has 2 nitrogen and oxygen atoms in total. The fraction of sp³-hybridized carbons (Fsp3) is 0.615. The summed E-state index contributed by atoms with van der Waals surface area (Å²) in [5.74, 6) is 0. The first-order valence-corrected chi connectivity index (χ1v) is 5.85. The summed E-state index contributed by atoms with van der Waals surface area (Å²) in [6.45, 7) is 3.40. The summed E-state index contributed by atoms with van der Waals surface area (Å²) < 4.78 is 2.37. The van der Waals surface area contributed by atoms with Crippen LogP contribution in [-0.4, -0.2) is 4.57 Å². The van der Waals surface area contributed by atoms with Crippen molar-refractivity contribution in [2.45, 2.75) is 51.0 Å². The van der Waals surface area contributed by atoms with Crippen molar-refractivity contribution in [1.82, 2.24) is 4.57 Å². The van der Waals surface area contributed by atoms with Gasteiger partial charge in [0.2, 0.25) is 0 Å². The van der Waals surface area contributed by atoms with Gasteiger partial charge in [0.15, 0.2) is 0 Å². The molecule has 0 aliphatic carbocycles. The standard InChI is InChI=1S/C13H18N2/c1-2-13(7-4-9-14)8-5-11-15-10-3-6-12(13)15/h3,6,10H,2,4-5,7-8,11H2,1H3. The first-order chi connectivity index (χ1) is 7.32. The highest BCUT2D eigenvalue weighted by Gasteiger charge is 2.34. The molecule has 0 aromatic carbocycles. The van der Waals surface area contributed by atoms with E-state index in [2.05, 4.69) is 35.9 Å². The van der Waals surface area contributed by atoms with Gasteiger partial charge in [-0.3, -0.25) is 0 Å². The number of rotatable bonds is 3. The lowest BCUT2D eigenvalue weighted by Gasteiger charge is -2.37. The molecule has 80 valence electrons. The van der Waals surface area contributed by atoms with E-state index in [9.17, 15) is 0 Å². The highest BCUT2D eigenvalue weighted by molar-refractivity contribution is 5.22. The van der Waals surface area contributed by atoms with Crippen LogP contribution in [0.15, 0.2) is 18.3 Å². The number of hydrogen-bond donors (Lipinski definition) is 0. The Balaban J connectivity index is 2.31. The lowest BCUT2D eigenvalue weighted by atomic mass is 9.72. The van der Waals surface area contributed by atoms with Gasteiger partial charge in [0.25, 0.3) is 0 Å². The van der Waals surface area contributed by atoms with Gasteiger partial charge in [-0.15, -0.1) is 0 Å². The summed E-state index contributed by atoms with van der Waals surface area (Å²) in [5, 5.41) is 8.75. The molecule has 0 N–H and O–H groups in total. The molecule has 1 aliphatic heterocycles. The van der Waals surface area contributed by atoms with Crippen LogP contribution in [0.25, 0.3) is 0 Å². The van der Waals surface area contributed by atoms with Crippen molar-refractivity contribution in [3.05, 3.63) is 24.0 Å². The summed E-state index contributed by atoms with van der Waals surface area (Å²) in [6, 6.07) is 6.66. The number of nitrogens with zero attached hydrogens (tertiary/aromatic N) is 2. The Bertz CT molecular complexity index is 372. The summed E-state index contributed by atoms with van der Waals surface area (Å²) >= 11 is 0. The molecule has 0 fully saturated rings. The Morgan fingerprint density at radius 3 is 3.20 bits per heavy atom. The molecule has 0 saturated carbocycles.